The Balaban J connectivity index is 1.34. The number of nitrogens with zero attached hydrogens (tertiary/aromatic N) is 5. The van der Waals surface area contributed by atoms with E-state index in [1.807, 2.05) is 23.3 Å². The SMILES string of the molecule is Cc1nnc(N2CCC3(CC2)CN(Cc2nccs2)C(=O)CCO3)c2ccccc12. The number of anilines is 1. The third kappa shape index (κ3) is 3.65. The van der Waals surface area contributed by atoms with Crippen molar-refractivity contribution in [2.45, 2.75) is 38.3 Å². The Morgan fingerprint density at radius 3 is 2.73 bits per heavy atom. The highest BCUT2D eigenvalue weighted by molar-refractivity contribution is 7.09. The molecular weight excluding hydrogens is 398 g/mol. The first-order valence-electron chi connectivity index (χ1n) is 10.4. The molecule has 0 radical (unpaired) electrons. The van der Waals surface area contributed by atoms with Crippen LogP contribution in [0.4, 0.5) is 5.82 Å². The van der Waals surface area contributed by atoms with Crippen LogP contribution in [-0.2, 0) is 16.1 Å². The monoisotopic (exact) mass is 423 g/mol. The Bertz CT molecular complexity index is 1050. The lowest BCUT2D eigenvalue weighted by Gasteiger charge is -2.43. The van der Waals surface area contributed by atoms with Gasteiger partial charge in [0.15, 0.2) is 5.82 Å². The molecule has 8 heteroatoms. The molecule has 5 rings (SSSR count). The van der Waals surface area contributed by atoms with Crippen LogP contribution < -0.4 is 4.90 Å². The zero-order valence-electron chi connectivity index (χ0n) is 17.1. The minimum atomic E-state index is -0.298. The average Bonchev–Trinajstić information content (AvgIpc) is 3.23. The Labute approximate surface area is 179 Å². The van der Waals surface area contributed by atoms with E-state index < -0.39 is 0 Å². The highest BCUT2D eigenvalue weighted by Gasteiger charge is 2.41. The molecule has 0 atom stereocenters. The number of thiazole rings is 1. The molecule has 0 unspecified atom stereocenters. The van der Waals surface area contributed by atoms with Crippen LogP contribution in [0.5, 0.6) is 0 Å². The fourth-order valence-corrected chi connectivity index (χ4v) is 5.15. The van der Waals surface area contributed by atoms with E-state index in [1.54, 1.807) is 17.5 Å². The second-order valence-electron chi connectivity index (χ2n) is 8.10. The number of hydrogen-bond acceptors (Lipinski definition) is 7. The maximum absolute atomic E-state index is 12.6. The zero-order chi connectivity index (χ0) is 20.6. The average molecular weight is 424 g/mol. The van der Waals surface area contributed by atoms with Gasteiger partial charge < -0.3 is 14.5 Å². The van der Waals surface area contributed by atoms with Crippen molar-refractivity contribution >= 4 is 33.8 Å². The van der Waals surface area contributed by atoms with Gasteiger partial charge in [-0.05, 0) is 19.8 Å². The van der Waals surface area contributed by atoms with Crippen LogP contribution in [0.3, 0.4) is 0 Å². The number of amides is 1. The van der Waals surface area contributed by atoms with Gasteiger partial charge >= 0.3 is 0 Å². The van der Waals surface area contributed by atoms with Crippen molar-refractivity contribution in [3.8, 4) is 0 Å². The molecule has 2 aromatic heterocycles. The molecule has 2 saturated heterocycles. The number of aromatic nitrogens is 3. The van der Waals surface area contributed by atoms with Crippen LogP contribution in [0, 0.1) is 6.92 Å². The van der Waals surface area contributed by atoms with Crippen LogP contribution in [0.25, 0.3) is 10.8 Å². The Kier molecular flexibility index (Phi) is 5.12. The van der Waals surface area contributed by atoms with Crippen molar-refractivity contribution in [1.29, 1.82) is 0 Å². The number of hydrogen-bond donors (Lipinski definition) is 0. The van der Waals surface area contributed by atoms with Crippen LogP contribution in [-0.4, -0.2) is 57.8 Å². The highest BCUT2D eigenvalue weighted by Crippen LogP contribution is 2.34. The summed E-state index contributed by atoms with van der Waals surface area (Å²) in [6.45, 7) is 5.35. The van der Waals surface area contributed by atoms with Crippen molar-refractivity contribution in [2.75, 3.05) is 31.1 Å². The number of fused-ring (bicyclic) bond motifs is 1. The van der Waals surface area contributed by atoms with E-state index in [2.05, 4.69) is 38.3 Å². The number of aryl methyl sites for hydroxylation is 1. The molecule has 4 heterocycles. The van der Waals surface area contributed by atoms with Crippen molar-refractivity contribution < 1.29 is 9.53 Å². The molecule has 0 bridgehead atoms. The van der Waals surface area contributed by atoms with E-state index >= 15 is 0 Å². The predicted octanol–water partition coefficient (Wildman–Crippen LogP) is 3.18. The lowest BCUT2D eigenvalue weighted by Crippen LogP contribution is -2.52. The zero-order valence-corrected chi connectivity index (χ0v) is 17.9. The van der Waals surface area contributed by atoms with Crippen molar-refractivity contribution in [3.05, 3.63) is 46.5 Å². The van der Waals surface area contributed by atoms with E-state index in [1.165, 1.54) is 0 Å². The predicted molar refractivity (Wildman–Crippen MR) is 117 cm³/mol. The Hall–Kier alpha value is -2.58. The number of benzene rings is 1. The fourth-order valence-electron chi connectivity index (χ4n) is 4.52. The van der Waals surface area contributed by atoms with Crippen molar-refractivity contribution in [1.82, 2.24) is 20.1 Å². The van der Waals surface area contributed by atoms with Gasteiger partial charge in [0.2, 0.25) is 5.91 Å². The van der Waals surface area contributed by atoms with Gasteiger partial charge in [-0.15, -0.1) is 16.4 Å². The fraction of sp³-hybridized carbons (Fsp3) is 0.455. The number of carbonyl (C=O) groups excluding carboxylic acids is 1. The van der Waals surface area contributed by atoms with Gasteiger partial charge in [-0.1, -0.05) is 24.3 Å². The molecule has 156 valence electrons. The summed E-state index contributed by atoms with van der Waals surface area (Å²) >= 11 is 1.59. The quantitative estimate of drug-likeness (QED) is 0.644. The number of rotatable bonds is 3. The maximum Gasteiger partial charge on any atom is 0.225 e. The summed E-state index contributed by atoms with van der Waals surface area (Å²) in [6, 6.07) is 8.31. The summed E-state index contributed by atoms with van der Waals surface area (Å²) in [7, 11) is 0. The van der Waals surface area contributed by atoms with E-state index in [0.717, 1.165) is 53.2 Å². The number of carbonyl (C=O) groups is 1. The Morgan fingerprint density at radius 2 is 1.97 bits per heavy atom. The van der Waals surface area contributed by atoms with Gasteiger partial charge in [0, 0.05) is 35.4 Å². The molecule has 7 nitrogen and oxygen atoms in total. The molecular formula is C22H25N5O2S. The third-order valence-electron chi connectivity index (χ3n) is 6.19. The van der Waals surface area contributed by atoms with Gasteiger partial charge in [0.05, 0.1) is 37.4 Å². The lowest BCUT2D eigenvalue weighted by atomic mass is 9.90. The van der Waals surface area contributed by atoms with Gasteiger partial charge in [-0.2, -0.15) is 5.10 Å². The Morgan fingerprint density at radius 1 is 1.17 bits per heavy atom. The van der Waals surface area contributed by atoms with Crippen LogP contribution in [0.15, 0.2) is 35.8 Å². The first kappa shape index (κ1) is 19.4. The smallest absolute Gasteiger partial charge is 0.225 e. The molecule has 0 N–H and O–H groups in total. The van der Waals surface area contributed by atoms with Crippen LogP contribution in [0.2, 0.25) is 0 Å². The molecule has 3 aromatic rings. The van der Waals surface area contributed by atoms with E-state index in [9.17, 15) is 4.79 Å². The largest absolute Gasteiger partial charge is 0.372 e. The molecule has 2 fully saturated rings. The van der Waals surface area contributed by atoms with Gasteiger partial charge in [-0.25, -0.2) is 4.98 Å². The maximum atomic E-state index is 12.6. The number of ether oxygens (including phenoxy) is 1. The normalized spacial score (nSPS) is 19.4. The van der Waals surface area contributed by atoms with Gasteiger partial charge in [0.25, 0.3) is 0 Å². The van der Waals surface area contributed by atoms with Crippen molar-refractivity contribution in [3.63, 3.8) is 0 Å². The summed E-state index contributed by atoms with van der Waals surface area (Å²) in [5, 5.41) is 14.1. The first-order chi connectivity index (χ1) is 14.6. The van der Waals surface area contributed by atoms with E-state index in [-0.39, 0.29) is 11.5 Å². The molecule has 2 aliphatic heterocycles. The van der Waals surface area contributed by atoms with Crippen LogP contribution in [0.1, 0.15) is 30.0 Å². The molecule has 1 aromatic carbocycles. The van der Waals surface area contributed by atoms with E-state index in [0.29, 0.717) is 26.1 Å². The minimum absolute atomic E-state index is 0.153. The van der Waals surface area contributed by atoms with E-state index in [4.69, 9.17) is 4.74 Å². The molecule has 0 aliphatic carbocycles. The summed E-state index contributed by atoms with van der Waals surface area (Å²) in [5.74, 6) is 1.09. The highest BCUT2D eigenvalue weighted by atomic mass is 32.1. The number of piperidine rings is 1. The molecule has 0 saturated carbocycles. The second-order valence-corrected chi connectivity index (χ2v) is 9.08. The summed E-state index contributed by atoms with van der Waals surface area (Å²) in [4.78, 5) is 21.2. The summed E-state index contributed by atoms with van der Waals surface area (Å²) in [5.41, 5.74) is 0.652. The molecule has 30 heavy (non-hydrogen) atoms. The first-order valence-corrected chi connectivity index (χ1v) is 11.3. The molecule has 1 amide bonds. The minimum Gasteiger partial charge on any atom is -0.372 e. The van der Waals surface area contributed by atoms with Gasteiger partial charge in [-0.3, -0.25) is 4.79 Å². The van der Waals surface area contributed by atoms with Crippen molar-refractivity contribution in [2.24, 2.45) is 0 Å². The van der Waals surface area contributed by atoms with Gasteiger partial charge in [0.1, 0.15) is 5.01 Å². The summed E-state index contributed by atoms with van der Waals surface area (Å²) in [6.07, 6.45) is 3.95. The summed E-state index contributed by atoms with van der Waals surface area (Å²) < 4.78 is 6.30. The lowest BCUT2D eigenvalue weighted by molar-refractivity contribution is -0.132. The standard InChI is InChI=1S/C22H25N5O2S/c1-16-17-4-2-3-5-18(17)21(25-24-16)26-10-7-22(8-11-26)15-27(20(28)6-12-29-22)14-19-23-9-13-30-19/h2-5,9,13H,6-8,10-12,14-15H2,1H3. The molecule has 1 spiro atoms. The third-order valence-corrected chi connectivity index (χ3v) is 6.96. The topological polar surface area (TPSA) is 71.5 Å². The second kappa shape index (κ2) is 7.92. The van der Waals surface area contributed by atoms with Crippen LogP contribution >= 0.6 is 11.3 Å². The molecule has 2 aliphatic rings.